The van der Waals surface area contributed by atoms with Crippen molar-refractivity contribution in [3.05, 3.63) is 36.3 Å². The van der Waals surface area contributed by atoms with E-state index in [9.17, 15) is 18.0 Å². The topological polar surface area (TPSA) is 97.2 Å². The van der Waals surface area contributed by atoms with Gasteiger partial charge in [0.25, 0.3) is 5.91 Å². The van der Waals surface area contributed by atoms with Crippen molar-refractivity contribution < 1.29 is 22.7 Å². The Morgan fingerprint density at radius 3 is 2.64 bits per heavy atom. The van der Waals surface area contributed by atoms with Crippen LogP contribution in [0.4, 0.5) is 24.5 Å². The van der Waals surface area contributed by atoms with Gasteiger partial charge in [0.2, 0.25) is 0 Å². The summed E-state index contributed by atoms with van der Waals surface area (Å²) < 4.78 is 43.6. The Morgan fingerprint density at radius 2 is 1.97 bits per heavy atom. The van der Waals surface area contributed by atoms with E-state index in [-0.39, 0.29) is 29.3 Å². The maximum atomic E-state index is 13.0. The SMILES string of the molecule is COc1ncc2c(N3C[C@@H](C)N[C@@H](C)C3)ccc(C(=O)Nc3cnn(CC(F)(F)F)c3)c2n1. The molecule has 33 heavy (non-hydrogen) atoms. The number of nitrogens with one attached hydrogen (secondary N) is 2. The van der Waals surface area contributed by atoms with Gasteiger partial charge in [0, 0.05) is 48.6 Å². The van der Waals surface area contributed by atoms with Crippen molar-refractivity contribution in [3.8, 4) is 6.01 Å². The number of methoxy groups -OCH3 is 1. The fourth-order valence-electron chi connectivity index (χ4n) is 4.07. The van der Waals surface area contributed by atoms with Crippen molar-refractivity contribution in [2.45, 2.75) is 38.7 Å². The van der Waals surface area contributed by atoms with Gasteiger partial charge in [-0.25, -0.2) is 4.98 Å². The highest BCUT2D eigenvalue weighted by Crippen LogP contribution is 2.31. The van der Waals surface area contributed by atoms with Crippen LogP contribution in [0.5, 0.6) is 6.01 Å². The van der Waals surface area contributed by atoms with Gasteiger partial charge in [-0.05, 0) is 26.0 Å². The lowest BCUT2D eigenvalue weighted by Crippen LogP contribution is -2.54. The molecule has 2 aromatic heterocycles. The molecule has 176 valence electrons. The molecular formula is C21H24F3N7O2. The van der Waals surface area contributed by atoms with Crippen LogP contribution in [0.25, 0.3) is 10.9 Å². The summed E-state index contributed by atoms with van der Waals surface area (Å²) in [5, 5.41) is 10.4. The van der Waals surface area contributed by atoms with E-state index >= 15 is 0 Å². The number of carbonyl (C=O) groups is 1. The first-order valence-corrected chi connectivity index (χ1v) is 10.4. The van der Waals surface area contributed by atoms with E-state index in [2.05, 4.69) is 44.4 Å². The third-order valence-electron chi connectivity index (χ3n) is 5.26. The Bertz CT molecular complexity index is 1150. The number of nitrogens with zero attached hydrogens (tertiary/aromatic N) is 5. The second-order valence-electron chi connectivity index (χ2n) is 8.12. The Balaban J connectivity index is 1.67. The van der Waals surface area contributed by atoms with Gasteiger partial charge in [0.05, 0.1) is 30.1 Å². The average molecular weight is 463 g/mol. The zero-order valence-corrected chi connectivity index (χ0v) is 18.3. The number of benzene rings is 1. The molecule has 2 atom stereocenters. The molecular weight excluding hydrogens is 439 g/mol. The third kappa shape index (κ3) is 5.16. The number of hydrogen-bond acceptors (Lipinski definition) is 7. The molecule has 1 aliphatic rings. The van der Waals surface area contributed by atoms with Crippen LogP contribution in [0.3, 0.4) is 0 Å². The first-order chi connectivity index (χ1) is 15.6. The molecule has 0 bridgehead atoms. The summed E-state index contributed by atoms with van der Waals surface area (Å²) >= 11 is 0. The molecule has 3 heterocycles. The van der Waals surface area contributed by atoms with Crippen molar-refractivity contribution in [3.63, 3.8) is 0 Å². The number of alkyl halides is 3. The summed E-state index contributed by atoms with van der Waals surface area (Å²) in [6.45, 7) is 4.51. The average Bonchev–Trinajstić information content (AvgIpc) is 3.16. The number of hydrogen-bond donors (Lipinski definition) is 2. The molecule has 1 fully saturated rings. The smallest absolute Gasteiger partial charge is 0.408 e. The van der Waals surface area contributed by atoms with Crippen molar-refractivity contribution in [1.29, 1.82) is 0 Å². The molecule has 0 unspecified atom stereocenters. The van der Waals surface area contributed by atoms with Gasteiger partial charge in [-0.2, -0.15) is 23.3 Å². The fraction of sp³-hybridized carbons (Fsp3) is 0.429. The van der Waals surface area contributed by atoms with Gasteiger partial charge in [-0.15, -0.1) is 0 Å². The molecule has 9 nitrogen and oxygen atoms in total. The van der Waals surface area contributed by atoms with Crippen molar-refractivity contribution in [2.24, 2.45) is 0 Å². The monoisotopic (exact) mass is 463 g/mol. The lowest BCUT2D eigenvalue weighted by atomic mass is 10.0. The Kier molecular flexibility index (Phi) is 6.11. The van der Waals surface area contributed by atoms with E-state index in [4.69, 9.17) is 4.74 Å². The highest BCUT2D eigenvalue weighted by molar-refractivity contribution is 6.13. The van der Waals surface area contributed by atoms with Crippen LogP contribution >= 0.6 is 0 Å². The van der Waals surface area contributed by atoms with Crippen LogP contribution < -0.4 is 20.3 Å². The largest absolute Gasteiger partial charge is 0.467 e. The normalized spacial score (nSPS) is 19.0. The predicted molar refractivity (Wildman–Crippen MR) is 117 cm³/mol. The minimum absolute atomic E-state index is 0.105. The molecule has 0 radical (unpaired) electrons. The van der Waals surface area contributed by atoms with Gasteiger partial charge in [-0.1, -0.05) is 0 Å². The number of piperazine rings is 1. The lowest BCUT2D eigenvalue weighted by Gasteiger charge is -2.38. The summed E-state index contributed by atoms with van der Waals surface area (Å²) in [5.41, 5.74) is 1.67. The number of amides is 1. The second kappa shape index (κ2) is 8.85. The van der Waals surface area contributed by atoms with E-state index in [1.807, 2.05) is 6.07 Å². The van der Waals surface area contributed by atoms with E-state index in [1.165, 1.54) is 13.3 Å². The van der Waals surface area contributed by atoms with Crippen LogP contribution in [-0.4, -0.2) is 64.1 Å². The van der Waals surface area contributed by atoms with Gasteiger partial charge < -0.3 is 20.3 Å². The number of aromatic nitrogens is 4. The summed E-state index contributed by atoms with van der Waals surface area (Å²) in [6, 6.07) is 4.15. The van der Waals surface area contributed by atoms with Crippen LogP contribution in [0.1, 0.15) is 24.2 Å². The highest BCUT2D eigenvalue weighted by Gasteiger charge is 2.29. The molecule has 4 rings (SSSR count). The Morgan fingerprint density at radius 1 is 1.24 bits per heavy atom. The Hall–Kier alpha value is -3.41. The van der Waals surface area contributed by atoms with E-state index in [1.54, 1.807) is 12.3 Å². The third-order valence-corrected chi connectivity index (χ3v) is 5.26. The summed E-state index contributed by atoms with van der Waals surface area (Å²) in [6.07, 6.45) is -0.502. The molecule has 1 aliphatic heterocycles. The predicted octanol–water partition coefficient (Wildman–Crippen LogP) is 2.84. The second-order valence-corrected chi connectivity index (χ2v) is 8.12. The number of fused-ring (bicyclic) bond motifs is 1. The van der Waals surface area contributed by atoms with Crippen LogP contribution in [0, 0.1) is 0 Å². The molecule has 12 heteroatoms. The number of ether oxygens (including phenoxy) is 1. The molecule has 0 saturated carbocycles. The molecule has 0 aliphatic carbocycles. The molecule has 1 saturated heterocycles. The van der Waals surface area contributed by atoms with Crippen molar-refractivity contribution in [1.82, 2.24) is 25.1 Å². The summed E-state index contributed by atoms with van der Waals surface area (Å²) in [4.78, 5) is 23.8. The summed E-state index contributed by atoms with van der Waals surface area (Å²) in [5.74, 6) is -0.527. The number of anilines is 2. The van der Waals surface area contributed by atoms with Crippen LogP contribution in [0.15, 0.2) is 30.7 Å². The number of rotatable bonds is 5. The van der Waals surface area contributed by atoms with Gasteiger partial charge >= 0.3 is 12.2 Å². The van der Waals surface area contributed by atoms with Gasteiger partial charge in [0.15, 0.2) is 0 Å². The number of halogens is 3. The van der Waals surface area contributed by atoms with Crippen molar-refractivity contribution in [2.75, 3.05) is 30.4 Å². The van der Waals surface area contributed by atoms with E-state index in [0.29, 0.717) is 10.9 Å². The quantitative estimate of drug-likeness (QED) is 0.601. The molecule has 1 aromatic carbocycles. The lowest BCUT2D eigenvalue weighted by molar-refractivity contribution is -0.142. The first kappa shape index (κ1) is 22.8. The molecule has 3 aromatic rings. The van der Waals surface area contributed by atoms with Gasteiger partial charge in [0.1, 0.15) is 6.54 Å². The maximum absolute atomic E-state index is 13.0. The minimum atomic E-state index is -4.41. The van der Waals surface area contributed by atoms with E-state index in [0.717, 1.165) is 29.7 Å². The van der Waals surface area contributed by atoms with Crippen LogP contribution in [-0.2, 0) is 6.54 Å². The first-order valence-electron chi connectivity index (χ1n) is 10.4. The maximum Gasteiger partial charge on any atom is 0.408 e. The zero-order valence-electron chi connectivity index (χ0n) is 18.3. The molecule has 2 N–H and O–H groups in total. The minimum Gasteiger partial charge on any atom is -0.467 e. The Labute approximate surface area is 187 Å². The van der Waals surface area contributed by atoms with E-state index < -0.39 is 18.6 Å². The number of carbonyl (C=O) groups excluding carboxylic acids is 1. The molecule has 1 amide bonds. The zero-order chi connectivity index (χ0) is 23.8. The van der Waals surface area contributed by atoms with Gasteiger partial charge in [-0.3, -0.25) is 9.48 Å². The summed E-state index contributed by atoms with van der Waals surface area (Å²) in [7, 11) is 1.43. The highest BCUT2D eigenvalue weighted by atomic mass is 19.4. The standard InChI is InChI=1S/C21H24F3N7O2/c1-12-8-30(9-13(2)27-12)17-5-4-15(18-16(17)7-25-20(29-18)33-3)19(32)28-14-6-26-31(10-14)11-21(22,23)24/h4-7,10,12-13,27H,8-9,11H2,1-3H3,(H,28,32)/t12-,13+. The van der Waals surface area contributed by atoms with Crippen molar-refractivity contribution >= 4 is 28.2 Å². The fourth-order valence-corrected chi connectivity index (χ4v) is 4.07. The molecule has 0 spiro atoms. The van der Waals surface area contributed by atoms with Crippen LogP contribution in [0.2, 0.25) is 0 Å².